The highest BCUT2D eigenvalue weighted by Gasteiger charge is 2.36. The van der Waals surface area contributed by atoms with Gasteiger partial charge in [0.05, 0.1) is 12.0 Å². The fourth-order valence-electron chi connectivity index (χ4n) is 1.18. The zero-order valence-corrected chi connectivity index (χ0v) is 8.16. The number of hydrogen-bond acceptors (Lipinski definition) is 4. The van der Waals surface area contributed by atoms with Gasteiger partial charge in [0.25, 0.3) is 0 Å². The number of ether oxygens (including phenoxy) is 1. The van der Waals surface area contributed by atoms with Crippen LogP contribution in [-0.4, -0.2) is 23.1 Å². The minimum Gasteiger partial charge on any atom is -0.488 e. The molecule has 6 nitrogen and oxygen atoms in total. The maximum atomic E-state index is 13.1. The van der Waals surface area contributed by atoms with Gasteiger partial charge in [-0.1, -0.05) is 0 Å². The Morgan fingerprint density at radius 2 is 1.82 bits per heavy atom. The molecule has 92 valence electrons. The molecule has 0 radical (unpaired) electrons. The molecule has 0 atom stereocenters. The van der Waals surface area contributed by atoms with Gasteiger partial charge in [0, 0.05) is 0 Å². The van der Waals surface area contributed by atoms with E-state index in [1.54, 1.807) is 0 Å². The van der Waals surface area contributed by atoms with E-state index in [-0.39, 0.29) is 0 Å². The van der Waals surface area contributed by atoms with Crippen molar-refractivity contribution in [2.75, 3.05) is 7.11 Å². The Bertz CT molecular complexity index is 517. The van der Waals surface area contributed by atoms with Crippen LogP contribution in [0.2, 0.25) is 0 Å². The molecule has 0 saturated heterocycles. The van der Waals surface area contributed by atoms with Gasteiger partial charge in [0.1, 0.15) is 0 Å². The van der Waals surface area contributed by atoms with Crippen molar-refractivity contribution in [3.05, 3.63) is 33.1 Å². The third-order valence-corrected chi connectivity index (χ3v) is 1.86. The van der Waals surface area contributed by atoms with E-state index in [4.69, 9.17) is 5.11 Å². The van der Waals surface area contributed by atoms with Gasteiger partial charge >= 0.3 is 11.7 Å². The van der Waals surface area contributed by atoms with E-state index in [0.29, 0.717) is 0 Å². The highest BCUT2D eigenvalue weighted by Crippen LogP contribution is 2.37. The first kappa shape index (κ1) is 12.7. The topological polar surface area (TPSA) is 89.7 Å². The molecule has 0 saturated carbocycles. The summed E-state index contributed by atoms with van der Waals surface area (Å²) < 4.78 is 43.3. The maximum Gasteiger partial charge on any atom is 0.346 e. The van der Waals surface area contributed by atoms with Crippen molar-refractivity contribution in [3.8, 4) is 5.75 Å². The fourth-order valence-corrected chi connectivity index (χ4v) is 1.18. The predicted octanol–water partition coefficient (Wildman–Crippen LogP) is 1.72. The summed E-state index contributed by atoms with van der Waals surface area (Å²) >= 11 is 0. The quantitative estimate of drug-likeness (QED) is 0.501. The molecule has 1 aromatic carbocycles. The first-order chi connectivity index (χ1) is 7.82. The molecule has 0 aromatic heterocycles. The summed E-state index contributed by atoms with van der Waals surface area (Å²) in [5, 5.41) is 19.1. The van der Waals surface area contributed by atoms with E-state index >= 15 is 0 Å². The highest BCUT2D eigenvalue weighted by molar-refractivity contribution is 5.94. The minimum atomic E-state index is -2.15. The molecule has 17 heavy (non-hydrogen) atoms. The van der Waals surface area contributed by atoms with E-state index in [1.165, 1.54) is 0 Å². The predicted molar refractivity (Wildman–Crippen MR) is 46.5 cm³/mol. The Kier molecular flexibility index (Phi) is 3.21. The lowest BCUT2D eigenvalue weighted by atomic mass is 10.1. The number of benzene rings is 1. The van der Waals surface area contributed by atoms with Crippen LogP contribution in [0.4, 0.5) is 18.9 Å². The lowest BCUT2D eigenvalue weighted by Gasteiger charge is -2.07. The van der Waals surface area contributed by atoms with Crippen molar-refractivity contribution in [1.29, 1.82) is 0 Å². The normalized spacial score (nSPS) is 10.1. The molecule has 0 aliphatic carbocycles. The van der Waals surface area contributed by atoms with Gasteiger partial charge in [-0.2, -0.15) is 4.39 Å². The molecule has 0 aliphatic heterocycles. The third-order valence-electron chi connectivity index (χ3n) is 1.86. The van der Waals surface area contributed by atoms with Gasteiger partial charge in [-0.05, 0) is 0 Å². The van der Waals surface area contributed by atoms with Crippen molar-refractivity contribution < 1.29 is 32.7 Å². The lowest BCUT2D eigenvalue weighted by molar-refractivity contribution is -0.386. The Hall–Kier alpha value is -2.32. The van der Waals surface area contributed by atoms with Crippen LogP contribution in [0.5, 0.6) is 5.75 Å². The molecule has 0 unspecified atom stereocenters. The molecule has 1 aromatic rings. The van der Waals surface area contributed by atoms with E-state index in [9.17, 15) is 28.1 Å². The second kappa shape index (κ2) is 4.28. The van der Waals surface area contributed by atoms with Crippen molar-refractivity contribution in [2.45, 2.75) is 0 Å². The van der Waals surface area contributed by atoms with Gasteiger partial charge in [-0.25, -0.2) is 13.6 Å². The zero-order chi connectivity index (χ0) is 13.3. The standard InChI is InChI=1S/C8H4F3NO5/c1-17-7-5(11)4(10)3(9)2(8(13)14)6(7)12(15)16/h1H3,(H,13,14). The number of nitrogens with zero attached hydrogens (tertiary/aromatic N) is 1. The number of hydrogen-bond donors (Lipinski definition) is 1. The van der Waals surface area contributed by atoms with E-state index in [0.717, 1.165) is 7.11 Å². The summed E-state index contributed by atoms with van der Waals surface area (Å²) in [5.74, 6) is -9.63. The molecule has 0 fully saturated rings. The van der Waals surface area contributed by atoms with Crippen LogP contribution in [0.15, 0.2) is 0 Å². The second-order valence-corrected chi connectivity index (χ2v) is 2.76. The van der Waals surface area contributed by atoms with Gasteiger partial charge in [0.2, 0.25) is 11.6 Å². The molecule has 0 heterocycles. The van der Waals surface area contributed by atoms with Crippen LogP contribution in [0.1, 0.15) is 10.4 Å². The number of carboxylic acids is 1. The Morgan fingerprint density at radius 3 is 2.18 bits per heavy atom. The Balaban J connectivity index is 3.86. The van der Waals surface area contributed by atoms with E-state index < -0.39 is 45.3 Å². The molecule has 1 N–H and O–H groups in total. The van der Waals surface area contributed by atoms with Crippen LogP contribution in [0, 0.1) is 27.6 Å². The average molecular weight is 251 g/mol. The van der Waals surface area contributed by atoms with Gasteiger partial charge in [-0.3, -0.25) is 10.1 Å². The third kappa shape index (κ3) is 1.86. The van der Waals surface area contributed by atoms with Gasteiger partial charge in [-0.15, -0.1) is 0 Å². The molecule has 0 bridgehead atoms. The number of nitro benzene ring substituents is 1. The summed E-state index contributed by atoms with van der Waals surface area (Å²) in [6, 6.07) is 0. The van der Waals surface area contributed by atoms with Crippen molar-refractivity contribution >= 4 is 11.7 Å². The number of carboxylic acid groups (broad SMARTS) is 1. The summed E-state index contributed by atoms with van der Waals surface area (Å²) in [5.41, 5.74) is -3.07. The maximum absolute atomic E-state index is 13.1. The monoisotopic (exact) mass is 251 g/mol. The number of carbonyl (C=O) groups is 1. The number of rotatable bonds is 3. The lowest BCUT2D eigenvalue weighted by Crippen LogP contribution is -2.12. The largest absolute Gasteiger partial charge is 0.488 e. The number of halogens is 3. The van der Waals surface area contributed by atoms with Gasteiger partial charge < -0.3 is 9.84 Å². The first-order valence-corrected chi connectivity index (χ1v) is 3.95. The number of aromatic carboxylic acids is 1. The second-order valence-electron chi connectivity index (χ2n) is 2.76. The minimum absolute atomic E-state index is 0.758. The zero-order valence-electron chi connectivity index (χ0n) is 8.16. The van der Waals surface area contributed by atoms with Crippen LogP contribution in [0.25, 0.3) is 0 Å². The Morgan fingerprint density at radius 1 is 1.29 bits per heavy atom. The highest BCUT2D eigenvalue weighted by atomic mass is 19.2. The van der Waals surface area contributed by atoms with Gasteiger partial charge in [0.15, 0.2) is 17.2 Å². The van der Waals surface area contributed by atoms with Crippen molar-refractivity contribution in [3.63, 3.8) is 0 Å². The summed E-state index contributed by atoms with van der Waals surface area (Å²) in [6.07, 6.45) is 0. The summed E-state index contributed by atoms with van der Waals surface area (Å²) in [6.45, 7) is 0. The SMILES string of the molecule is COc1c(F)c(F)c(F)c(C(=O)O)c1[N+](=O)[O-]. The summed E-state index contributed by atoms with van der Waals surface area (Å²) in [7, 11) is 0.758. The molecule has 1 rings (SSSR count). The number of methoxy groups -OCH3 is 1. The van der Waals surface area contributed by atoms with Crippen LogP contribution in [0.3, 0.4) is 0 Å². The van der Waals surface area contributed by atoms with Crippen molar-refractivity contribution in [2.24, 2.45) is 0 Å². The Labute approximate surface area is 91.4 Å². The van der Waals surface area contributed by atoms with Crippen molar-refractivity contribution in [1.82, 2.24) is 0 Å². The summed E-state index contributed by atoms with van der Waals surface area (Å²) in [4.78, 5) is 19.8. The van der Waals surface area contributed by atoms with Crippen LogP contribution < -0.4 is 4.74 Å². The van der Waals surface area contributed by atoms with E-state index in [1.807, 2.05) is 0 Å². The molecule has 0 aliphatic rings. The molecular weight excluding hydrogens is 247 g/mol. The molecular formula is C8H4F3NO5. The smallest absolute Gasteiger partial charge is 0.346 e. The molecule has 0 spiro atoms. The molecule has 9 heteroatoms. The van der Waals surface area contributed by atoms with E-state index in [2.05, 4.69) is 4.74 Å². The molecule has 0 amide bonds. The average Bonchev–Trinajstić information content (AvgIpc) is 2.24. The van der Waals surface area contributed by atoms with Crippen LogP contribution in [-0.2, 0) is 0 Å². The fraction of sp³-hybridized carbons (Fsp3) is 0.125. The van der Waals surface area contributed by atoms with Crippen LogP contribution >= 0.6 is 0 Å². The first-order valence-electron chi connectivity index (χ1n) is 3.95. The number of nitro groups is 1.